The maximum absolute atomic E-state index is 13.9. The molecule has 0 saturated carbocycles. The predicted octanol–water partition coefficient (Wildman–Crippen LogP) is 3.39. The smallest absolute Gasteiger partial charge is 0.246 e. The number of anilines is 2. The van der Waals surface area contributed by atoms with Crippen molar-refractivity contribution in [2.24, 2.45) is 0 Å². The van der Waals surface area contributed by atoms with Crippen LogP contribution >= 0.6 is 0 Å². The van der Waals surface area contributed by atoms with E-state index >= 15 is 0 Å². The van der Waals surface area contributed by atoms with Crippen LogP contribution in [0, 0.1) is 6.92 Å². The van der Waals surface area contributed by atoms with E-state index in [1.165, 1.54) is 0 Å². The molecule has 1 spiro atoms. The topological polar surface area (TPSA) is 77.1 Å². The number of amides is 2. The third-order valence-corrected chi connectivity index (χ3v) is 6.25. The van der Waals surface area contributed by atoms with Crippen molar-refractivity contribution in [1.82, 2.24) is 0 Å². The van der Waals surface area contributed by atoms with Crippen molar-refractivity contribution in [3.8, 4) is 17.2 Å². The lowest BCUT2D eigenvalue weighted by molar-refractivity contribution is -0.124. The molecule has 3 aromatic rings. The number of aryl methyl sites for hydroxylation is 1. The van der Waals surface area contributed by atoms with Crippen molar-refractivity contribution in [2.75, 3.05) is 30.2 Å². The predicted molar refractivity (Wildman–Crippen MR) is 117 cm³/mol. The lowest BCUT2D eigenvalue weighted by Crippen LogP contribution is -2.45. The zero-order valence-corrected chi connectivity index (χ0v) is 17.4. The number of para-hydroxylation sites is 1. The van der Waals surface area contributed by atoms with Gasteiger partial charge in [-0.2, -0.15) is 0 Å². The van der Waals surface area contributed by atoms with Gasteiger partial charge in [0.1, 0.15) is 24.3 Å². The Bertz CT molecular complexity index is 1290. The molecule has 6 rings (SSSR count). The monoisotopic (exact) mass is 428 g/mol. The van der Waals surface area contributed by atoms with E-state index in [4.69, 9.17) is 14.2 Å². The number of benzene rings is 3. The lowest BCUT2D eigenvalue weighted by Gasteiger charge is -2.23. The van der Waals surface area contributed by atoms with Gasteiger partial charge in [0.15, 0.2) is 11.5 Å². The van der Waals surface area contributed by atoms with Gasteiger partial charge < -0.3 is 24.4 Å². The summed E-state index contributed by atoms with van der Waals surface area (Å²) in [5, 5.41) is 2.89. The van der Waals surface area contributed by atoms with E-state index in [9.17, 15) is 9.59 Å². The van der Waals surface area contributed by atoms with Crippen molar-refractivity contribution < 1.29 is 23.8 Å². The van der Waals surface area contributed by atoms with Gasteiger partial charge in [0.25, 0.3) is 0 Å². The Balaban J connectivity index is 1.37. The van der Waals surface area contributed by atoms with Gasteiger partial charge in [-0.1, -0.05) is 30.3 Å². The third kappa shape index (κ3) is 2.60. The van der Waals surface area contributed by atoms with E-state index in [1.54, 1.807) is 11.0 Å². The third-order valence-electron chi connectivity index (χ3n) is 6.25. The first-order valence-corrected chi connectivity index (χ1v) is 10.4. The van der Waals surface area contributed by atoms with Gasteiger partial charge in [-0.05, 0) is 42.3 Å². The van der Waals surface area contributed by atoms with Crippen molar-refractivity contribution in [1.29, 1.82) is 0 Å². The van der Waals surface area contributed by atoms with Crippen LogP contribution in [-0.2, 0) is 15.0 Å². The number of hydrogen-bond acceptors (Lipinski definition) is 5. The highest BCUT2D eigenvalue weighted by Gasteiger charge is 2.57. The van der Waals surface area contributed by atoms with Crippen molar-refractivity contribution in [2.45, 2.75) is 12.3 Å². The zero-order chi connectivity index (χ0) is 21.9. The van der Waals surface area contributed by atoms with Gasteiger partial charge in [-0.25, -0.2) is 0 Å². The van der Waals surface area contributed by atoms with Crippen LogP contribution in [0.15, 0.2) is 60.7 Å². The Morgan fingerprint density at radius 2 is 1.78 bits per heavy atom. The van der Waals surface area contributed by atoms with E-state index in [1.807, 2.05) is 61.5 Å². The van der Waals surface area contributed by atoms with E-state index < -0.39 is 5.41 Å². The molecule has 3 aliphatic heterocycles. The van der Waals surface area contributed by atoms with Gasteiger partial charge in [0.05, 0.1) is 0 Å². The Kier molecular flexibility index (Phi) is 3.95. The fourth-order valence-electron chi connectivity index (χ4n) is 4.79. The summed E-state index contributed by atoms with van der Waals surface area (Å²) in [5.74, 6) is 1.35. The van der Waals surface area contributed by atoms with Gasteiger partial charge in [0.2, 0.25) is 18.6 Å². The fourth-order valence-corrected chi connectivity index (χ4v) is 4.79. The van der Waals surface area contributed by atoms with Gasteiger partial charge in [0, 0.05) is 23.0 Å². The number of rotatable bonds is 3. The molecule has 0 aliphatic carbocycles. The molecule has 1 unspecified atom stereocenters. The van der Waals surface area contributed by atoms with Crippen LogP contribution in [0.25, 0.3) is 0 Å². The number of hydrogen-bond donors (Lipinski definition) is 1. The summed E-state index contributed by atoms with van der Waals surface area (Å²) < 4.78 is 17.0. The van der Waals surface area contributed by atoms with Gasteiger partial charge >= 0.3 is 0 Å². The average Bonchev–Trinajstić information content (AvgIpc) is 3.45. The van der Waals surface area contributed by atoms with Crippen molar-refractivity contribution >= 4 is 23.2 Å². The minimum absolute atomic E-state index is 0.0918. The Morgan fingerprint density at radius 1 is 0.969 bits per heavy atom. The fraction of sp³-hybridized carbons (Fsp3) is 0.200. The maximum Gasteiger partial charge on any atom is 0.246 e. The molecule has 1 N–H and O–H groups in total. The number of fused-ring (bicyclic) bond motifs is 5. The molecule has 160 valence electrons. The molecule has 0 bridgehead atoms. The normalized spacial score (nSPS) is 19.7. The second-order valence-electron chi connectivity index (χ2n) is 8.22. The van der Waals surface area contributed by atoms with Crippen molar-refractivity contribution in [3.05, 3.63) is 77.4 Å². The SMILES string of the molecule is Cc1cccc(NC(=O)CN2C(=O)C3(COc4cc5c(cc43)OCO5)c3ccccc32)c1. The number of carbonyl (C=O) groups is 2. The first-order chi connectivity index (χ1) is 15.6. The molecule has 2 amide bonds. The molecule has 0 fully saturated rings. The van der Waals surface area contributed by atoms with Crippen LogP contribution in [0.3, 0.4) is 0 Å². The summed E-state index contributed by atoms with van der Waals surface area (Å²) in [5.41, 5.74) is 3.00. The van der Waals surface area contributed by atoms with Gasteiger partial charge in [-0.15, -0.1) is 0 Å². The molecule has 0 saturated heterocycles. The minimum atomic E-state index is -1.02. The van der Waals surface area contributed by atoms with E-state index in [2.05, 4.69) is 5.32 Å². The van der Waals surface area contributed by atoms with Crippen LogP contribution < -0.4 is 24.4 Å². The maximum atomic E-state index is 13.9. The van der Waals surface area contributed by atoms with E-state index in [0.717, 1.165) is 16.7 Å². The second-order valence-corrected chi connectivity index (χ2v) is 8.22. The summed E-state index contributed by atoms with van der Waals surface area (Å²) in [4.78, 5) is 28.3. The molecule has 7 nitrogen and oxygen atoms in total. The Hall–Kier alpha value is -4.00. The van der Waals surface area contributed by atoms with Crippen LogP contribution in [0.5, 0.6) is 17.2 Å². The van der Waals surface area contributed by atoms with Crippen LogP contribution in [0.2, 0.25) is 0 Å². The highest BCUT2D eigenvalue weighted by molar-refractivity contribution is 6.14. The molecule has 3 heterocycles. The standard InChI is InChI=1S/C25H20N2O5/c1-15-5-4-6-16(9-15)26-23(28)12-27-19-8-3-2-7-17(19)25(24(27)29)13-30-20-11-22-21(10-18(20)25)31-14-32-22/h2-11H,12-14H2,1H3,(H,26,28). The Morgan fingerprint density at radius 3 is 2.62 bits per heavy atom. The number of nitrogens with one attached hydrogen (secondary N) is 1. The molecular weight excluding hydrogens is 408 g/mol. The highest BCUT2D eigenvalue weighted by Crippen LogP contribution is 2.54. The summed E-state index contributed by atoms with van der Waals surface area (Å²) in [6, 6.07) is 18.7. The van der Waals surface area contributed by atoms with Gasteiger partial charge in [-0.3, -0.25) is 9.59 Å². The van der Waals surface area contributed by atoms with E-state index in [-0.39, 0.29) is 31.8 Å². The molecule has 32 heavy (non-hydrogen) atoms. The van der Waals surface area contributed by atoms with Crippen LogP contribution in [-0.4, -0.2) is 31.8 Å². The number of nitrogens with zero attached hydrogens (tertiary/aromatic N) is 1. The molecule has 3 aromatic carbocycles. The summed E-state index contributed by atoms with van der Waals surface area (Å²) in [6.45, 7) is 2.17. The number of carbonyl (C=O) groups excluding carboxylic acids is 2. The average molecular weight is 428 g/mol. The van der Waals surface area contributed by atoms with Crippen LogP contribution in [0.1, 0.15) is 16.7 Å². The molecule has 3 aliphatic rings. The summed E-state index contributed by atoms with van der Waals surface area (Å²) >= 11 is 0. The Labute approximate surface area is 184 Å². The second kappa shape index (κ2) is 6.75. The first kappa shape index (κ1) is 18.7. The first-order valence-electron chi connectivity index (χ1n) is 10.4. The molecule has 0 radical (unpaired) electrons. The minimum Gasteiger partial charge on any atom is -0.491 e. The zero-order valence-electron chi connectivity index (χ0n) is 17.4. The number of ether oxygens (including phenoxy) is 3. The van der Waals surface area contributed by atoms with Crippen LogP contribution in [0.4, 0.5) is 11.4 Å². The van der Waals surface area contributed by atoms with Crippen molar-refractivity contribution in [3.63, 3.8) is 0 Å². The molecule has 1 atom stereocenters. The largest absolute Gasteiger partial charge is 0.491 e. The molecule has 0 aromatic heterocycles. The lowest BCUT2D eigenvalue weighted by atomic mass is 9.77. The highest BCUT2D eigenvalue weighted by atomic mass is 16.7. The molecular formula is C25H20N2O5. The quantitative estimate of drug-likeness (QED) is 0.692. The van der Waals surface area contributed by atoms with E-state index in [0.29, 0.717) is 28.6 Å². The molecule has 7 heteroatoms. The summed E-state index contributed by atoms with van der Waals surface area (Å²) in [7, 11) is 0. The summed E-state index contributed by atoms with van der Waals surface area (Å²) in [6.07, 6.45) is 0.